The Morgan fingerprint density at radius 2 is 1.93 bits per heavy atom. The fourth-order valence-corrected chi connectivity index (χ4v) is 1.27. The summed E-state index contributed by atoms with van der Waals surface area (Å²) in [6.07, 6.45) is 1.47. The van der Waals surface area contributed by atoms with E-state index in [2.05, 4.69) is 6.92 Å². The molecule has 1 rings (SSSR count). The highest BCUT2D eigenvalue weighted by atomic mass is 16.5. The molecule has 14 heavy (non-hydrogen) atoms. The smallest absolute Gasteiger partial charge is 0.165 e. The fraction of sp³-hybridized carbons (Fsp3) is 0.417. The molecule has 0 saturated carbocycles. The number of aryl methyl sites for hydroxylation is 1. The van der Waals surface area contributed by atoms with Gasteiger partial charge in [-0.15, -0.1) is 0 Å². The molecule has 0 amide bonds. The molecule has 0 unspecified atom stereocenters. The number of carbonyl (C=O) groups excluding carboxylic acids is 1. The van der Waals surface area contributed by atoms with Gasteiger partial charge in [-0.05, 0) is 12.0 Å². The first kappa shape index (κ1) is 10.9. The minimum absolute atomic E-state index is 0.148. The summed E-state index contributed by atoms with van der Waals surface area (Å²) in [4.78, 5) is 11.5. The number of ketones is 1. The van der Waals surface area contributed by atoms with Crippen LogP contribution in [0, 0.1) is 0 Å². The van der Waals surface area contributed by atoms with Crippen LogP contribution in [-0.4, -0.2) is 19.5 Å². The van der Waals surface area contributed by atoms with E-state index in [9.17, 15) is 4.79 Å². The van der Waals surface area contributed by atoms with Gasteiger partial charge in [0.15, 0.2) is 5.78 Å². The molecule has 0 aliphatic carbocycles. The lowest BCUT2D eigenvalue weighted by Crippen LogP contribution is -2.03. The lowest BCUT2D eigenvalue weighted by Gasteiger charge is -2.01. The molecule has 0 fully saturated rings. The lowest BCUT2D eigenvalue weighted by atomic mass is 10.1. The van der Waals surface area contributed by atoms with Crippen molar-refractivity contribution in [2.45, 2.75) is 19.8 Å². The van der Waals surface area contributed by atoms with E-state index in [4.69, 9.17) is 4.74 Å². The number of carbonyl (C=O) groups is 1. The second-order valence-corrected chi connectivity index (χ2v) is 3.22. The zero-order valence-corrected chi connectivity index (χ0v) is 8.75. The van der Waals surface area contributed by atoms with Crippen molar-refractivity contribution in [3.05, 3.63) is 35.4 Å². The Hall–Kier alpha value is -1.15. The van der Waals surface area contributed by atoms with Crippen molar-refractivity contribution in [3.8, 4) is 0 Å². The largest absolute Gasteiger partial charge is 0.384 e. The second-order valence-electron chi connectivity index (χ2n) is 3.22. The summed E-state index contributed by atoms with van der Waals surface area (Å²) in [5.74, 6) is 0.148. The SMILES string of the molecule is CCc1ccc(C(=O)CCOC)cc1. The molecule has 0 aromatic heterocycles. The van der Waals surface area contributed by atoms with E-state index in [0.29, 0.717) is 13.0 Å². The van der Waals surface area contributed by atoms with Crippen LogP contribution in [0.5, 0.6) is 0 Å². The van der Waals surface area contributed by atoms with Gasteiger partial charge in [0.1, 0.15) is 0 Å². The maximum atomic E-state index is 11.5. The number of methoxy groups -OCH3 is 1. The van der Waals surface area contributed by atoms with E-state index in [1.54, 1.807) is 7.11 Å². The van der Waals surface area contributed by atoms with E-state index in [1.165, 1.54) is 5.56 Å². The molecule has 0 bridgehead atoms. The van der Waals surface area contributed by atoms with Gasteiger partial charge >= 0.3 is 0 Å². The third-order valence-corrected chi connectivity index (χ3v) is 2.22. The third kappa shape index (κ3) is 2.96. The van der Waals surface area contributed by atoms with Gasteiger partial charge in [-0.3, -0.25) is 4.79 Å². The van der Waals surface area contributed by atoms with Crippen LogP contribution in [0.25, 0.3) is 0 Å². The molecular formula is C12H16O2. The molecule has 0 spiro atoms. The Labute approximate surface area is 84.9 Å². The quantitative estimate of drug-likeness (QED) is 0.670. The molecule has 0 N–H and O–H groups in total. The van der Waals surface area contributed by atoms with Gasteiger partial charge in [0.05, 0.1) is 6.61 Å². The summed E-state index contributed by atoms with van der Waals surface area (Å²) in [5, 5.41) is 0. The van der Waals surface area contributed by atoms with Gasteiger partial charge in [-0.2, -0.15) is 0 Å². The Bertz CT molecular complexity index is 288. The first-order chi connectivity index (χ1) is 6.77. The van der Waals surface area contributed by atoms with E-state index < -0.39 is 0 Å². The number of Topliss-reactive ketones (excluding diaryl/α,β-unsaturated/α-hetero) is 1. The molecule has 0 aliphatic rings. The standard InChI is InChI=1S/C12H16O2/c1-3-10-4-6-11(7-5-10)12(13)8-9-14-2/h4-7H,3,8-9H2,1-2H3. The number of hydrogen-bond donors (Lipinski definition) is 0. The highest BCUT2D eigenvalue weighted by molar-refractivity contribution is 5.96. The molecule has 0 saturated heterocycles. The van der Waals surface area contributed by atoms with Gasteiger partial charge in [0, 0.05) is 19.1 Å². The van der Waals surface area contributed by atoms with Crippen molar-refractivity contribution in [2.75, 3.05) is 13.7 Å². The normalized spacial score (nSPS) is 10.1. The molecule has 0 heterocycles. The van der Waals surface area contributed by atoms with Crippen LogP contribution in [0.4, 0.5) is 0 Å². The summed E-state index contributed by atoms with van der Waals surface area (Å²) >= 11 is 0. The van der Waals surface area contributed by atoms with Crippen molar-refractivity contribution in [3.63, 3.8) is 0 Å². The minimum Gasteiger partial charge on any atom is -0.384 e. The van der Waals surface area contributed by atoms with Crippen molar-refractivity contribution < 1.29 is 9.53 Å². The van der Waals surface area contributed by atoms with Crippen LogP contribution >= 0.6 is 0 Å². The molecular weight excluding hydrogens is 176 g/mol. The van der Waals surface area contributed by atoms with Crippen LogP contribution in [0.1, 0.15) is 29.3 Å². The highest BCUT2D eigenvalue weighted by Gasteiger charge is 2.04. The average molecular weight is 192 g/mol. The van der Waals surface area contributed by atoms with E-state index >= 15 is 0 Å². The van der Waals surface area contributed by atoms with Crippen molar-refractivity contribution in [2.24, 2.45) is 0 Å². The van der Waals surface area contributed by atoms with Crippen LogP contribution in [0.15, 0.2) is 24.3 Å². The average Bonchev–Trinajstić information content (AvgIpc) is 2.26. The highest BCUT2D eigenvalue weighted by Crippen LogP contribution is 2.07. The minimum atomic E-state index is 0.148. The molecule has 2 nitrogen and oxygen atoms in total. The molecule has 0 radical (unpaired) electrons. The topological polar surface area (TPSA) is 26.3 Å². The number of ether oxygens (including phenoxy) is 1. The molecule has 76 valence electrons. The first-order valence-corrected chi connectivity index (χ1v) is 4.89. The summed E-state index contributed by atoms with van der Waals surface area (Å²) in [7, 11) is 1.60. The van der Waals surface area contributed by atoms with Crippen molar-refractivity contribution in [1.29, 1.82) is 0 Å². The number of benzene rings is 1. The van der Waals surface area contributed by atoms with Crippen LogP contribution < -0.4 is 0 Å². The summed E-state index contributed by atoms with van der Waals surface area (Å²) in [6, 6.07) is 7.77. The van der Waals surface area contributed by atoms with E-state index in [-0.39, 0.29) is 5.78 Å². The van der Waals surface area contributed by atoms with Crippen molar-refractivity contribution >= 4 is 5.78 Å². The van der Waals surface area contributed by atoms with Crippen LogP contribution in [0.2, 0.25) is 0 Å². The monoisotopic (exact) mass is 192 g/mol. The zero-order chi connectivity index (χ0) is 10.4. The number of rotatable bonds is 5. The third-order valence-electron chi connectivity index (χ3n) is 2.22. The second kappa shape index (κ2) is 5.55. The van der Waals surface area contributed by atoms with Gasteiger partial charge in [0.25, 0.3) is 0 Å². The van der Waals surface area contributed by atoms with Gasteiger partial charge < -0.3 is 4.74 Å². The van der Waals surface area contributed by atoms with Gasteiger partial charge in [-0.25, -0.2) is 0 Å². The van der Waals surface area contributed by atoms with Gasteiger partial charge in [0.2, 0.25) is 0 Å². The predicted molar refractivity (Wildman–Crippen MR) is 56.6 cm³/mol. The Balaban J connectivity index is 2.62. The maximum Gasteiger partial charge on any atom is 0.165 e. The van der Waals surface area contributed by atoms with E-state index in [0.717, 1.165) is 12.0 Å². The van der Waals surface area contributed by atoms with Crippen molar-refractivity contribution in [1.82, 2.24) is 0 Å². The predicted octanol–water partition coefficient (Wildman–Crippen LogP) is 2.47. The Morgan fingerprint density at radius 3 is 2.43 bits per heavy atom. The Morgan fingerprint density at radius 1 is 1.29 bits per heavy atom. The summed E-state index contributed by atoms with van der Waals surface area (Å²) in [6.45, 7) is 2.59. The van der Waals surface area contributed by atoms with Crippen LogP contribution in [-0.2, 0) is 11.2 Å². The molecule has 1 aromatic rings. The fourth-order valence-electron chi connectivity index (χ4n) is 1.27. The van der Waals surface area contributed by atoms with E-state index in [1.807, 2.05) is 24.3 Å². The maximum absolute atomic E-state index is 11.5. The Kier molecular flexibility index (Phi) is 4.33. The molecule has 1 aromatic carbocycles. The summed E-state index contributed by atoms with van der Waals surface area (Å²) < 4.78 is 4.86. The van der Waals surface area contributed by atoms with Crippen LogP contribution in [0.3, 0.4) is 0 Å². The molecule has 0 aliphatic heterocycles. The molecule has 0 atom stereocenters. The first-order valence-electron chi connectivity index (χ1n) is 4.89. The lowest BCUT2D eigenvalue weighted by molar-refractivity contribution is 0.0932. The molecule has 2 heteroatoms. The zero-order valence-electron chi connectivity index (χ0n) is 8.75. The summed E-state index contributed by atoms with van der Waals surface area (Å²) in [5.41, 5.74) is 2.03. The number of hydrogen-bond acceptors (Lipinski definition) is 2. The van der Waals surface area contributed by atoms with Gasteiger partial charge in [-0.1, -0.05) is 31.2 Å².